The van der Waals surface area contributed by atoms with Crippen molar-refractivity contribution in [3.05, 3.63) is 35.9 Å². The van der Waals surface area contributed by atoms with Crippen LogP contribution in [0.4, 0.5) is 0 Å². The van der Waals surface area contributed by atoms with Gasteiger partial charge in [0.05, 0.1) is 11.6 Å². The van der Waals surface area contributed by atoms with Crippen LogP contribution in [0.5, 0.6) is 0 Å². The number of hydrogen-bond donors (Lipinski definition) is 3. The molecule has 26 heavy (non-hydrogen) atoms. The third-order valence-electron chi connectivity index (χ3n) is 5.21. The molecular formula is C16H22N8O2. The van der Waals surface area contributed by atoms with Gasteiger partial charge in [-0.1, -0.05) is 6.07 Å². The lowest BCUT2D eigenvalue weighted by Gasteiger charge is -2.39. The number of aliphatic hydroxyl groups is 1. The third kappa shape index (κ3) is 3.06. The molecule has 4 heterocycles. The van der Waals surface area contributed by atoms with E-state index in [1.54, 1.807) is 15.8 Å². The number of carbonyl (C=O) groups is 1. The zero-order chi connectivity index (χ0) is 18.1. The summed E-state index contributed by atoms with van der Waals surface area (Å²) in [5.41, 5.74) is 6.79. The lowest BCUT2D eigenvalue weighted by atomic mass is 9.87. The van der Waals surface area contributed by atoms with Crippen molar-refractivity contribution in [2.75, 3.05) is 19.6 Å². The van der Waals surface area contributed by atoms with Gasteiger partial charge in [-0.25, -0.2) is 10.1 Å². The van der Waals surface area contributed by atoms with E-state index < -0.39 is 5.60 Å². The van der Waals surface area contributed by atoms with Crippen molar-refractivity contribution in [3.8, 4) is 0 Å². The molecule has 10 nitrogen and oxygen atoms in total. The Balaban J connectivity index is 1.42. The molecule has 4 rings (SSSR count). The minimum atomic E-state index is -0.980. The monoisotopic (exact) mass is 358 g/mol. The van der Waals surface area contributed by atoms with Crippen LogP contribution in [0.3, 0.4) is 0 Å². The number of hydrogen-bond acceptors (Lipinski definition) is 8. The molecule has 0 saturated carbocycles. The molecule has 0 radical (unpaired) electrons. The predicted molar refractivity (Wildman–Crippen MR) is 90.2 cm³/mol. The molecule has 2 fully saturated rings. The van der Waals surface area contributed by atoms with Gasteiger partial charge < -0.3 is 10.0 Å². The number of pyridine rings is 1. The smallest absolute Gasteiger partial charge is 0.230 e. The summed E-state index contributed by atoms with van der Waals surface area (Å²) in [4.78, 5) is 19.1. The zero-order valence-electron chi connectivity index (χ0n) is 14.5. The molecule has 138 valence electrons. The van der Waals surface area contributed by atoms with Crippen molar-refractivity contribution in [2.45, 2.75) is 31.5 Å². The van der Waals surface area contributed by atoms with Crippen LogP contribution in [0, 0.1) is 12.8 Å². The van der Waals surface area contributed by atoms with Gasteiger partial charge in [0, 0.05) is 25.8 Å². The Morgan fingerprint density at radius 2 is 2.15 bits per heavy atom. The van der Waals surface area contributed by atoms with E-state index in [0.717, 1.165) is 5.56 Å². The minimum Gasteiger partial charge on any atom is -0.383 e. The van der Waals surface area contributed by atoms with Crippen molar-refractivity contribution in [2.24, 2.45) is 5.92 Å². The van der Waals surface area contributed by atoms with Gasteiger partial charge in [-0.3, -0.25) is 15.2 Å². The van der Waals surface area contributed by atoms with Crippen molar-refractivity contribution in [3.63, 3.8) is 0 Å². The van der Waals surface area contributed by atoms with Crippen molar-refractivity contribution in [1.82, 2.24) is 40.9 Å². The third-order valence-corrected chi connectivity index (χ3v) is 5.21. The SMILES string of the molecule is Cc1ccc(C2(O)CCN(C(=O)C3CNNC3n3cnnn3)CC2)nc1. The van der Waals surface area contributed by atoms with Crippen LogP contribution < -0.4 is 10.9 Å². The first-order valence-corrected chi connectivity index (χ1v) is 8.72. The minimum absolute atomic E-state index is 0.0296. The molecule has 2 aliphatic rings. The largest absolute Gasteiger partial charge is 0.383 e. The molecule has 2 aromatic rings. The Morgan fingerprint density at radius 1 is 1.35 bits per heavy atom. The number of carbonyl (C=O) groups excluding carboxylic acids is 1. The Morgan fingerprint density at radius 3 is 2.81 bits per heavy atom. The number of tetrazole rings is 1. The van der Waals surface area contributed by atoms with E-state index >= 15 is 0 Å². The Labute approximate surface area is 150 Å². The maximum Gasteiger partial charge on any atom is 0.230 e. The topological polar surface area (TPSA) is 121 Å². The van der Waals surface area contributed by atoms with Gasteiger partial charge in [-0.05, 0) is 41.8 Å². The molecule has 2 atom stereocenters. The number of hydrazine groups is 1. The number of likely N-dealkylation sites (tertiary alicyclic amines) is 1. The Hall–Kier alpha value is -2.43. The standard InChI is InChI=1S/C16H22N8O2/c1-11-2-3-13(17-8-11)16(26)4-6-23(7-5-16)15(25)12-9-18-20-14(12)24-10-19-21-22-24/h2-3,8,10,12,14,18,20,26H,4-7,9H2,1H3. The van der Waals surface area contributed by atoms with Gasteiger partial charge in [0.15, 0.2) is 0 Å². The van der Waals surface area contributed by atoms with Crippen LogP contribution in [-0.2, 0) is 10.4 Å². The summed E-state index contributed by atoms with van der Waals surface area (Å²) in [7, 11) is 0. The highest BCUT2D eigenvalue weighted by Crippen LogP contribution is 2.33. The molecule has 0 aromatic carbocycles. The Kier molecular flexibility index (Phi) is 4.39. The molecule has 2 unspecified atom stereocenters. The van der Waals surface area contributed by atoms with Crippen LogP contribution in [0.25, 0.3) is 0 Å². The van der Waals surface area contributed by atoms with Crippen molar-refractivity contribution in [1.29, 1.82) is 0 Å². The average molecular weight is 358 g/mol. The summed E-state index contributed by atoms with van der Waals surface area (Å²) in [5, 5.41) is 22.1. The van der Waals surface area contributed by atoms with Crippen LogP contribution in [0.15, 0.2) is 24.7 Å². The summed E-state index contributed by atoms with van der Waals surface area (Å²) >= 11 is 0. The van der Waals surface area contributed by atoms with Crippen LogP contribution in [0.1, 0.15) is 30.3 Å². The first-order chi connectivity index (χ1) is 12.6. The average Bonchev–Trinajstić information content (AvgIpc) is 3.33. The molecule has 0 spiro atoms. The number of amides is 1. The number of aryl methyl sites for hydroxylation is 1. The second-order valence-corrected chi connectivity index (χ2v) is 6.94. The van der Waals surface area contributed by atoms with E-state index in [4.69, 9.17) is 0 Å². The summed E-state index contributed by atoms with van der Waals surface area (Å²) < 4.78 is 1.54. The normalized spacial score (nSPS) is 25.4. The fourth-order valence-corrected chi connectivity index (χ4v) is 3.59. The van der Waals surface area contributed by atoms with E-state index in [9.17, 15) is 9.90 Å². The van der Waals surface area contributed by atoms with Crippen LogP contribution in [-0.4, -0.2) is 60.7 Å². The van der Waals surface area contributed by atoms with E-state index in [2.05, 4.69) is 31.4 Å². The number of nitrogens with one attached hydrogen (secondary N) is 2. The molecular weight excluding hydrogens is 336 g/mol. The molecule has 0 bridgehead atoms. The fraction of sp³-hybridized carbons (Fsp3) is 0.562. The fourth-order valence-electron chi connectivity index (χ4n) is 3.59. The van der Waals surface area contributed by atoms with E-state index in [1.807, 2.05) is 19.1 Å². The van der Waals surface area contributed by atoms with Gasteiger partial charge >= 0.3 is 0 Å². The van der Waals surface area contributed by atoms with E-state index in [-0.39, 0.29) is 18.0 Å². The second kappa shape index (κ2) is 6.71. The van der Waals surface area contributed by atoms with Crippen LogP contribution >= 0.6 is 0 Å². The summed E-state index contributed by atoms with van der Waals surface area (Å²) in [6, 6.07) is 3.82. The predicted octanol–water partition coefficient (Wildman–Crippen LogP) is -0.891. The van der Waals surface area contributed by atoms with E-state index in [0.29, 0.717) is 38.2 Å². The maximum atomic E-state index is 13.0. The number of aromatic nitrogens is 5. The first kappa shape index (κ1) is 17.0. The number of piperidine rings is 1. The maximum absolute atomic E-state index is 13.0. The summed E-state index contributed by atoms with van der Waals surface area (Å²) in [6.07, 6.45) is 3.87. The van der Waals surface area contributed by atoms with Gasteiger partial charge in [0.2, 0.25) is 5.91 Å². The zero-order valence-corrected chi connectivity index (χ0v) is 14.5. The first-order valence-electron chi connectivity index (χ1n) is 8.72. The van der Waals surface area contributed by atoms with Crippen molar-refractivity contribution >= 4 is 5.91 Å². The molecule has 2 aromatic heterocycles. The summed E-state index contributed by atoms with van der Waals surface area (Å²) in [5.74, 6) is -0.274. The van der Waals surface area contributed by atoms with Gasteiger partial charge in [0.25, 0.3) is 0 Å². The van der Waals surface area contributed by atoms with Crippen molar-refractivity contribution < 1.29 is 9.90 Å². The highest BCUT2D eigenvalue weighted by atomic mass is 16.3. The molecule has 0 aliphatic carbocycles. The van der Waals surface area contributed by atoms with Crippen LogP contribution in [0.2, 0.25) is 0 Å². The molecule has 2 aliphatic heterocycles. The lowest BCUT2D eigenvalue weighted by molar-refractivity contribution is -0.141. The Bertz CT molecular complexity index is 755. The molecule has 10 heteroatoms. The number of nitrogens with zero attached hydrogens (tertiary/aromatic N) is 6. The summed E-state index contributed by atoms with van der Waals surface area (Å²) in [6.45, 7) is 3.45. The van der Waals surface area contributed by atoms with Gasteiger partial charge in [0.1, 0.15) is 18.1 Å². The highest BCUT2D eigenvalue weighted by Gasteiger charge is 2.41. The quantitative estimate of drug-likeness (QED) is 0.646. The second-order valence-electron chi connectivity index (χ2n) is 6.94. The van der Waals surface area contributed by atoms with Gasteiger partial charge in [-0.15, -0.1) is 5.10 Å². The number of rotatable bonds is 3. The molecule has 3 N–H and O–H groups in total. The lowest BCUT2D eigenvalue weighted by Crippen LogP contribution is -2.48. The molecule has 1 amide bonds. The van der Waals surface area contributed by atoms with E-state index in [1.165, 1.54) is 6.33 Å². The highest BCUT2D eigenvalue weighted by molar-refractivity contribution is 5.80. The van der Waals surface area contributed by atoms with Gasteiger partial charge in [-0.2, -0.15) is 0 Å². The molecule has 2 saturated heterocycles.